The van der Waals surface area contributed by atoms with E-state index in [2.05, 4.69) is 10.1 Å². The first-order valence-corrected chi connectivity index (χ1v) is 11.2. The molecular weight excluding hydrogens is 456 g/mol. The van der Waals surface area contributed by atoms with Crippen LogP contribution in [0.25, 0.3) is 10.2 Å². The van der Waals surface area contributed by atoms with E-state index >= 15 is 0 Å². The maximum atomic E-state index is 13.5. The van der Waals surface area contributed by atoms with Crippen LogP contribution >= 0.6 is 11.3 Å². The number of anilines is 1. The predicted molar refractivity (Wildman–Crippen MR) is 129 cm³/mol. The van der Waals surface area contributed by atoms with Crippen molar-refractivity contribution in [1.29, 1.82) is 0 Å². The van der Waals surface area contributed by atoms with E-state index in [-0.39, 0.29) is 5.69 Å². The molecule has 4 aromatic rings. The van der Waals surface area contributed by atoms with Gasteiger partial charge in [0.15, 0.2) is 11.5 Å². The second-order valence-corrected chi connectivity index (χ2v) is 8.55. The molecule has 0 saturated carbocycles. The molecule has 0 atom stereocenters. The van der Waals surface area contributed by atoms with Crippen LogP contribution in [-0.2, 0) is 0 Å². The number of hydrogen-bond donors (Lipinski definition) is 0. The van der Waals surface area contributed by atoms with Gasteiger partial charge < -0.3 is 9.47 Å². The van der Waals surface area contributed by atoms with Crippen LogP contribution in [0.4, 0.5) is 10.8 Å². The Hall–Kier alpha value is -4.31. The van der Waals surface area contributed by atoms with Crippen molar-refractivity contribution in [3.05, 3.63) is 87.5 Å². The summed E-state index contributed by atoms with van der Waals surface area (Å²) in [5.41, 5.74) is 2.78. The van der Waals surface area contributed by atoms with E-state index in [0.29, 0.717) is 41.0 Å². The Balaban J connectivity index is 1.53. The molecule has 1 aliphatic rings. The summed E-state index contributed by atoms with van der Waals surface area (Å²) in [6.07, 6.45) is 1.47. The summed E-state index contributed by atoms with van der Waals surface area (Å²) >= 11 is 1.35. The smallest absolute Gasteiger partial charge is 0.280 e. The number of ether oxygens (including phenoxy) is 2. The van der Waals surface area contributed by atoms with Crippen molar-refractivity contribution in [2.24, 2.45) is 5.10 Å². The maximum absolute atomic E-state index is 13.5. The lowest BCUT2D eigenvalue weighted by Crippen LogP contribution is -2.26. The third-order valence-corrected chi connectivity index (χ3v) is 6.12. The summed E-state index contributed by atoms with van der Waals surface area (Å²) in [7, 11) is 0. The number of amides is 1. The molecule has 5 rings (SSSR count). The monoisotopic (exact) mass is 474 g/mol. The first kappa shape index (κ1) is 21.5. The number of nitrogens with zero attached hydrogens (tertiary/aromatic N) is 4. The molecule has 10 heteroatoms. The number of carbonyl (C=O) groups excluding carboxylic acids is 1. The van der Waals surface area contributed by atoms with Gasteiger partial charge in [0.1, 0.15) is 13.2 Å². The largest absolute Gasteiger partial charge is 0.486 e. The number of benzene rings is 3. The molecule has 3 aromatic carbocycles. The highest BCUT2D eigenvalue weighted by Gasteiger charge is 2.23. The zero-order valence-electron chi connectivity index (χ0n) is 18.0. The van der Waals surface area contributed by atoms with Gasteiger partial charge >= 0.3 is 0 Å². The van der Waals surface area contributed by atoms with Gasteiger partial charge in [-0.3, -0.25) is 14.9 Å². The predicted octanol–water partition coefficient (Wildman–Crippen LogP) is 4.97. The highest BCUT2D eigenvalue weighted by atomic mass is 32.1. The number of aromatic nitrogens is 1. The SMILES string of the molecule is Cc1ccc2nc(N(/N=C/c3ccc([N+](=O)[O-])cc3)C(=O)c3ccc4c(c3)OCCO4)sc2c1. The van der Waals surface area contributed by atoms with Gasteiger partial charge in [-0.15, -0.1) is 0 Å². The Morgan fingerprint density at radius 2 is 1.85 bits per heavy atom. The van der Waals surface area contributed by atoms with Gasteiger partial charge in [0, 0.05) is 17.7 Å². The molecular formula is C24H18N4O5S. The number of nitro groups is 1. The minimum absolute atomic E-state index is 0.0251. The lowest BCUT2D eigenvalue weighted by atomic mass is 10.2. The minimum atomic E-state index is -0.470. The van der Waals surface area contributed by atoms with Crippen LogP contribution < -0.4 is 14.5 Å². The molecule has 0 saturated heterocycles. The molecule has 0 bridgehead atoms. The lowest BCUT2D eigenvalue weighted by molar-refractivity contribution is -0.384. The fourth-order valence-electron chi connectivity index (χ4n) is 3.40. The van der Waals surface area contributed by atoms with Gasteiger partial charge in [-0.05, 0) is 60.5 Å². The minimum Gasteiger partial charge on any atom is -0.486 e. The number of carbonyl (C=O) groups is 1. The summed E-state index contributed by atoms with van der Waals surface area (Å²) in [4.78, 5) is 28.6. The van der Waals surface area contributed by atoms with Crippen molar-refractivity contribution in [3.63, 3.8) is 0 Å². The van der Waals surface area contributed by atoms with Gasteiger partial charge in [0.2, 0.25) is 5.13 Å². The van der Waals surface area contributed by atoms with Gasteiger partial charge in [0.25, 0.3) is 11.6 Å². The van der Waals surface area contributed by atoms with Crippen LogP contribution in [0, 0.1) is 17.0 Å². The topological polar surface area (TPSA) is 107 Å². The third kappa shape index (κ3) is 4.30. The van der Waals surface area contributed by atoms with Crippen LogP contribution in [-0.4, -0.2) is 35.2 Å². The number of aryl methyl sites for hydroxylation is 1. The zero-order valence-corrected chi connectivity index (χ0v) is 18.8. The van der Waals surface area contributed by atoms with Crippen molar-refractivity contribution >= 4 is 44.5 Å². The zero-order chi connectivity index (χ0) is 23.7. The summed E-state index contributed by atoms with van der Waals surface area (Å²) in [6, 6.07) is 16.7. The van der Waals surface area contributed by atoms with Crippen LogP contribution in [0.5, 0.6) is 11.5 Å². The first-order chi connectivity index (χ1) is 16.5. The number of fused-ring (bicyclic) bond motifs is 2. The highest BCUT2D eigenvalue weighted by Crippen LogP contribution is 2.34. The molecule has 9 nitrogen and oxygen atoms in total. The Kier molecular flexibility index (Phi) is 5.64. The molecule has 1 aromatic heterocycles. The van der Waals surface area contributed by atoms with Crippen molar-refractivity contribution < 1.29 is 19.2 Å². The molecule has 0 aliphatic carbocycles. The maximum Gasteiger partial charge on any atom is 0.280 e. The first-order valence-electron chi connectivity index (χ1n) is 10.4. The van der Waals surface area contributed by atoms with Gasteiger partial charge in [-0.1, -0.05) is 17.4 Å². The van der Waals surface area contributed by atoms with E-state index in [1.807, 2.05) is 25.1 Å². The van der Waals surface area contributed by atoms with Gasteiger partial charge in [-0.2, -0.15) is 10.1 Å². The average molecular weight is 474 g/mol. The summed E-state index contributed by atoms with van der Waals surface area (Å²) in [5.74, 6) is 0.682. The number of non-ortho nitro benzene ring substituents is 1. The molecule has 0 N–H and O–H groups in total. The van der Waals surface area contributed by atoms with Crippen molar-refractivity contribution in [1.82, 2.24) is 4.98 Å². The number of hydrazone groups is 1. The Morgan fingerprint density at radius 3 is 2.62 bits per heavy atom. The van der Waals surface area contributed by atoms with E-state index in [0.717, 1.165) is 15.8 Å². The van der Waals surface area contributed by atoms with E-state index < -0.39 is 10.8 Å². The third-order valence-electron chi connectivity index (χ3n) is 5.12. The van der Waals surface area contributed by atoms with Crippen molar-refractivity contribution in [2.75, 3.05) is 18.2 Å². The highest BCUT2D eigenvalue weighted by molar-refractivity contribution is 7.22. The van der Waals surface area contributed by atoms with Crippen molar-refractivity contribution in [3.8, 4) is 11.5 Å². The van der Waals surface area contributed by atoms with Gasteiger partial charge in [-0.25, -0.2) is 4.98 Å². The quantitative estimate of drug-likeness (QED) is 0.230. The summed E-state index contributed by atoms with van der Waals surface area (Å²) < 4.78 is 12.1. The Labute approximate surface area is 198 Å². The number of rotatable bonds is 5. The van der Waals surface area contributed by atoms with Gasteiger partial charge in [0.05, 0.1) is 21.4 Å². The number of thiazole rings is 1. The Morgan fingerprint density at radius 1 is 1.09 bits per heavy atom. The fraction of sp³-hybridized carbons (Fsp3) is 0.125. The molecule has 0 spiro atoms. The number of nitro benzene ring substituents is 1. The van der Waals surface area contributed by atoms with E-state index in [1.54, 1.807) is 30.3 Å². The van der Waals surface area contributed by atoms with E-state index in [1.165, 1.54) is 34.7 Å². The average Bonchev–Trinajstić information content (AvgIpc) is 3.26. The fourth-order valence-corrected chi connectivity index (χ4v) is 4.42. The molecule has 0 unspecified atom stereocenters. The second kappa shape index (κ2) is 8.91. The Bertz CT molecular complexity index is 1430. The second-order valence-electron chi connectivity index (χ2n) is 7.54. The molecule has 1 aliphatic heterocycles. The molecule has 0 fully saturated rings. The van der Waals surface area contributed by atoms with Crippen LogP contribution in [0.1, 0.15) is 21.5 Å². The van der Waals surface area contributed by atoms with Crippen molar-refractivity contribution in [2.45, 2.75) is 6.92 Å². The molecule has 0 radical (unpaired) electrons. The number of hydrogen-bond acceptors (Lipinski definition) is 8. The normalized spacial score (nSPS) is 12.7. The van der Waals surface area contributed by atoms with E-state index in [9.17, 15) is 14.9 Å². The molecule has 2 heterocycles. The van der Waals surface area contributed by atoms with E-state index in [4.69, 9.17) is 9.47 Å². The molecule has 34 heavy (non-hydrogen) atoms. The summed E-state index contributed by atoms with van der Waals surface area (Å²) in [6.45, 7) is 2.85. The van der Waals surface area contributed by atoms with Crippen LogP contribution in [0.2, 0.25) is 0 Å². The molecule has 170 valence electrons. The summed E-state index contributed by atoms with van der Waals surface area (Å²) in [5, 5.41) is 17.0. The standard InChI is InChI=1S/C24H18N4O5S/c1-15-2-8-19-22(12-15)34-24(26-19)27(25-14-16-3-6-18(7-4-16)28(30)31)23(29)17-5-9-20-21(13-17)33-11-10-32-20/h2-9,12-14H,10-11H2,1H3/b25-14+. The molecule has 1 amide bonds. The lowest BCUT2D eigenvalue weighted by Gasteiger charge is -2.19. The van der Waals surface area contributed by atoms with Crippen LogP contribution in [0.3, 0.4) is 0 Å². The van der Waals surface area contributed by atoms with Crippen LogP contribution in [0.15, 0.2) is 65.8 Å².